The van der Waals surface area contributed by atoms with Gasteiger partial charge in [-0.3, -0.25) is 0 Å². The average molecular weight is 215 g/mol. The van der Waals surface area contributed by atoms with Gasteiger partial charge in [0.15, 0.2) is 0 Å². The lowest BCUT2D eigenvalue weighted by Gasteiger charge is -2.30. The van der Waals surface area contributed by atoms with E-state index in [-0.39, 0.29) is 17.7 Å². The van der Waals surface area contributed by atoms with Crippen LogP contribution in [-0.2, 0) is 9.47 Å². The van der Waals surface area contributed by atoms with Gasteiger partial charge in [0.05, 0.1) is 11.6 Å². The van der Waals surface area contributed by atoms with Gasteiger partial charge >= 0.3 is 6.09 Å². The van der Waals surface area contributed by atoms with Crippen LogP contribution in [0.25, 0.3) is 0 Å². The molecule has 0 aliphatic carbocycles. The summed E-state index contributed by atoms with van der Waals surface area (Å²) in [4.78, 5) is 11.6. The molecule has 1 fully saturated rings. The fourth-order valence-corrected chi connectivity index (χ4v) is 1.54. The minimum absolute atomic E-state index is 0.0324. The highest BCUT2D eigenvalue weighted by Crippen LogP contribution is 2.25. The molecule has 0 aromatic rings. The summed E-state index contributed by atoms with van der Waals surface area (Å²) < 4.78 is 10.6. The van der Waals surface area contributed by atoms with Crippen molar-refractivity contribution >= 4 is 6.09 Å². The molecule has 15 heavy (non-hydrogen) atoms. The summed E-state index contributed by atoms with van der Waals surface area (Å²) in [6, 6.07) is 0. The molecule has 1 rings (SSSR count). The summed E-state index contributed by atoms with van der Waals surface area (Å²) in [6.07, 6.45) is 0.486. The van der Waals surface area contributed by atoms with Crippen LogP contribution in [0.5, 0.6) is 0 Å². The van der Waals surface area contributed by atoms with Crippen molar-refractivity contribution in [3.63, 3.8) is 0 Å². The summed E-state index contributed by atoms with van der Waals surface area (Å²) in [5, 5.41) is 2.88. The van der Waals surface area contributed by atoms with E-state index in [9.17, 15) is 4.79 Å². The minimum atomic E-state index is -0.455. The van der Waals surface area contributed by atoms with Gasteiger partial charge in [-0.2, -0.15) is 0 Å². The fraction of sp³-hybridized carbons (Fsp3) is 0.909. The molecular formula is C11H21NO3. The number of hydrogen-bond acceptors (Lipinski definition) is 3. The van der Waals surface area contributed by atoms with Crippen LogP contribution in [0.4, 0.5) is 4.79 Å². The Labute approximate surface area is 91.3 Å². The van der Waals surface area contributed by atoms with E-state index in [1.54, 1.807) is 0 Å². The Balaban J connectivity index is 2.51. The van der Waals surface area contributed by atoms with E-state index < -0.39 is 5.60 Å². The summed E-state index contributed by atoms with van der Waals surface area (Å²) in [6.45, 7) is 10.2. The van der Waals surface area contributed by atoms with Crippen molar-refractivity contribution in [2.24, 2.45) is 0 Å². The summed E-state index contributed by atoms with van der Waals surface area (Å²) >= 11 is 0. The number of rotatable bonds is 1. The molecule has 0 aromatic carbocycles. The van der Waals surface area contributed by atoms with Crippen molar-refractivity contribution in [2.75, 3.05) is 6.61 Å². The molecule has 88 valence electrons. The van der Waals surface area contributed by atoms with Crippen LogP contribution in [0.1, 0.15) is 41.0 Å². The van der Waals surface area contributed by atoms with Crippen molar-refractivity contribution < 1.29 is 14.3 Å². The van der Waals surface area contributed by atoms with E-state index in [1.165, 1.54) is 0 Å². The highest BCUT2D eigenvalue weighted by Gasteiger charge is 2.39. The smallest absolute Gasteiger partial charge is 0.408 e. The lowest BCUT2D eigenvalue weighted by molar-refractivity contribution is 0.0371. The minimum Gasteiger partial charge on any atom is -0.444 e. The Bertz CT molecular complexity index is 247. The molecule has 0 spiro atoms. The number of ether oxygens (including phenoxy) is 2. The topological polar surface area (TPSA) is 47.6 Å². The molecule has 2 unspecified atom stereocenters. The van der Waals surface area contributed by atoms with Gasteiger partial charge in [0.25, 0.3) is 0 Å². The third-order valence-electron chi connectivity index (χ3n) is 2.67. The second-order valence-corrected chi connectivity index (χ2v) is 5.31. The summed E-state index contributed by atoms with van der Waals surface area (Å²) in [5.74, 6) is 0. The molecule has 1 heterocycles. The molecule has 1 N–H and O–H groups in total. The van der Waals surface area contributed by atoms with Gasteiger partial charge in [-0.15, -0.1) is 0 Å². The van der Waals surface area contributed by atoms with Crippen LogP contribution in [0, 0.1) is 0 Å². The second kappa shape index (κ2) is 4.00. The van der Waals surface area contributed by atoms with E-state index in [4.69, 9.17) is 9.47 Å². The van der Waals surface area contributed by atoms with Crippen LogP contribution < -0.4 is 5.32 Å². The monoisotopic (exact) mass is 215 g/mol. The van der Waals surface area contributed by atoms with E-state index in [0.29, 0.717) is 6.61 Å². The molecule has 2 atom stereocenters. The van der Waals surface area contributed by atoms with E-state index in [1.807, 2.05) is 34.6 Å². The van der Waals surface area contributed by atoms with Crippen molar-refractivity contribution in [1.29, 1.82) is 0 Å². The van der Waals surface area contributed by atoms with Gasteiger partial charge < -0.3 is 14.8 Å². The van der Waals surface area contributed by atoms with Crippen LogP contribution in [0.15, 0.2) is 0 Å². The van der Waals surface area contributed by atoms with Gasteiger partial charge in [-0.25, -0.2) is 4.79 Å². The third kappa shape index (κ3) is 3.38. The summed E-state index contributed by atoms with van der Waals surface area (Å²) in [7, 11) is 0. The molecule has 1 amide bonds. The van der Waals surface area contributed by atoms with Crippen LogP contribution in [-0.4, -0.2) is 29.9 Å². The molecule has 0 bridgehead atoms. The molecule has 1 aliphatic heterocycles. The van der Waals surface area contributed by atoms with E-state index in [2.05, 4.69) is 5.32 Å². The van der Waals surface area contributed by atoms with Crippen molar-refractivity contribution in [1.82, 2.24) is 5.32 Å². The zero-order valence-corrected chi connectivity index (χ0v) is 10.2. The first-order valence-electron chi connectivity index (χ1n) is 5.36. The number of alkyl carbamates (subject to hydrolysis) is 1. The third-order valence-corrected chi connectivity index (χ3v) is 2.67. The highest BCUT2D eigenvalue weighted by atomic mass is 16.6. The van der Waals surface area contributed by atoms with Crippen molar-refractivity contribution in [3.8, 4) is 0 Å². The van der Waals surface area contributed by atoms with Gasteiger partial charge in [-0.05, 0) is 41.0 Å². The first kappa shape index (κ1) is 12.3. The number of amides is 1. The molecule has 0 saturated carbocycles. The predicted molar refractivity (Wildman–Crippen MR) is 57.8 cm³/mol. The standard InChI is InChI=1S/C11H21NO3/c1-8-11(5,6-7-14-8)12-9(13)15-10(2,3)4/h8H,6-7H2,1-5H3,(H,12,13). The van der Waals surface area contributed by atoms with E-state index >= 15 is 0 Å². The molecule has 1 aliphatic rings. The average Bonchev–Trinajstić information content (AvgIpc) is 2.27. The Morgan fingerprint density at radius 1 is 1.53 bits per heavy atom. The number of carbonyl (C=O) groups is 1. The molecule has 4 nitrogen and oxygen atoms in total. The first-order valence-corrected chi connectivity index (χ1v) is 5.36. The molecule has 4 heteroatoms. The molecule has 0 aromatic heterocycles. The predicted octanol–water partition coefficient (Wildman–Crippen LogP) is 2.08. The summed E-state index contributed by atoms with van der Waals surface area (Å²) in [5.41, 5.74) is -0.758. The largest absolute Gasteiger partial charge is 0.444 e. The van der Waals surface area contributed by atoms with Crippen LogP contribution in [0.3, 0.4) is 0 Å². The fourth-order valence-electron chi connectivity index (χ4n) is 1.54. The van der Waals surface area contributed by atoms with Crippen molar-refractivity contribution in [3.05, 3.63) is 0 Å². The van der Waals surface area contributed by atoms with Gasteiger partial charge in [0.1, 0.15) is 5.60 Å². The first-order chi connectivity index (χ1) is 6.73. The van der Waals surface area contributed by atoms with Crippen molar-refractivity contribution in [2.45, 2.75) is 58.3 Å². The molecule has 0 radical (unpaired) electrons. The Kier molecular flexibility index (Phi) is 3.28. The number of nitrogens with one attached hydrogen (secondary N) is 1. The Morgan fingerprint density at radius 3 is 2.53 bits per heavy atom. The lowest BCUT2D eigenvalue weighted by Crippen LogP contribution is -2.51. The molecular weight excluding hydrogens is 194 g/mol. The van der Waals surface area contributed by atoms with Gasteiger partial charge in [0.2, 0.25) is 0 Å². The SMILES string of the molecule is CC1OCCC1(C)NC(=O)OC(C)(C)C. The normalized spacial score (nSPS) is 31.4. The number of hydrogen-bond donors (Lipinski definition) is 1. The maximum Gasteiger partial charge on any atom is 0.408 e. The van der Waals surface area contributed by atoms with E-state index in [0.717, 1.165) is 6.42 Å². The van der Waals surface area contributed by atoms with Gasteiger partial charge in [-0.1, -0.05) is 0 Å². The lowest BCUT2D eigenvalue weighted by atomic mass is 9.95. The Hall–Kier alpha value is -0.770. The maximum absolute atomic E-state index is 11.6. The molecule has 1 saturated heterocycles. The highest BCUT2D eigenvalue weighted by molar-refractivity contribution is 5.68. The maximum atomic E-state index is 11.6. The number of carbonyl (C=O) groups excluding carboxylic acids is 1. The van der Waals surface area contributed by atoms with Crippen LogP contribution >= 0.6 is 0 Å². The second-order valence-electron chi connectivity index (χ2n) is 5.31. The zero-order valence-electron chi connectivity index (χ0n) is 10.2. The zero-order chi connectivity index (χ0) is 11.7. The quantitative estimate of drug-likeness (QED) is 0.728. The van der Waals surface area contributed by atoms with Gasteiger partial charge in [0, 0.05) is 6.61 Å². The Morgan fingerprint density at radius 2 is 2.13 bits per heavy atom. The van der Waals surface area contributed by atoms with Crippen LogP contribution in [0.2, 0.25) is 0 Å².